The summed E-state index contributed by atoms with van der Waals surface area (Å²) in [5.41, 5.74) is 7.18. The molecule has 3 aromatic heterocycles. The van der Waals surface area contributed by atoms with Crippen LogP contribution < -0.4 is 10.5 Å². The number of rotatable bonds is 14. The van der Waals surface area contributed by atoms with Crippen LogP contribution in [-0.4, -0.2) is 83.9 Å². The predicted octanol–water partition coefficient (Wildman–Crippen LogP) is 1.97. The number of aliphatic hydroxyl groups excluding tert-OH is 4. The number of aliphatic hydroxyl groups is 4. The number of aromatic nitrogens is 4. The first-order valence-electron chi connectivity index (χ1n) is 12.6. The van der Waals surface area contributed by atoms with Crippen LogP contribution in [0, 0.1) is 0 Å². The van der Waals surface area contributed by atoms with Gasteiger partial charge in [0.2, 0.25) is 11.8 Å². The van der Waals surface area contributed by atoms with Crippen molar-refractivity contribution in [1.82, 2.24) is 19.5 Å². The van der Waals surface area contributed by atoms with Crippen LogP contribution in [0.2, 0.25) is 0 Å². The summed E-state index contributed by atoms with van der Waals surface area (Å²) in [5.74, 6) is 0.522. The van der Waals surface area contributed by atoms with Crippen LogP contribution in [0.5, 0.6) is 5.88 Å². The molecule has 210 valence electrons. The summed E-state index contributed by atoms with van der Waals surface area (Å²) in [5, 5.41) is 40.9. The summed E-state index contributed by atoms with van der Waals surface area (Å²) < 4.78 is 19.7. The lowest BCUT2D eigenvalue weighted by Crippen LogP contribution is -2.59. The van der Waals surface area contributed by atoms with Crippen molar-refractivity contribution >= 4 is 44.4 Å². The normalized spacial score (nSPS) is 23.8. The number of hydrogen-bond acceptors (Lipinski definition) is 12. The monoisotopic (exact) mass is 615 g/mol. The molecule has 2 unspecified atom stereocenters. The lowest BCUT2D eigenvalue weighted by molar-refractivity contribution is -0.301. The summed E-state index contributed by atoms with van der Waals surface area (Å²) in [7, 11) is 0. The molecule has 0 bridgehead atoms. The van der Waals surface area contributed by atoms with Crippen molar-refractivity contribution in [3.63, 3.8) is 0 Å². The third kappa shape index (κ3) is 7.39. The fourth-order valence-electron chi connectivity index (χ4n) is 4.26. The van der Waals surface area contributed by atoms with E-state index >= 15 is 0 Å². The van der Waals surface area contributed by atoms with Crippen LogP contribution in [0.3, 0.4) is 0 Å². The van der Waals surface area contributed by atoms with Gasteiger partial charge in [-0.15, -0.1) is 11.3 Å². The standard InChI is InChI=1S/C24H34BrN5O7S/c25-14-9-15(38-12-14)11-36-22-17-21(28-24(26)29-22)30(13-27-17)7-5-3-1-2-4-6-8-35-23-20(34)19(33)18(32)16(10-31)37-23/h9,12-13,16,18-20,23,31-34H,1-8,10-11H2,(H2,26,28,29)/t16?,18-,19-,20?,23+/m1/s1. The number of hydrogen-bond donors (Lipinski definition) is 5. The maximum atomic E-state index is 10.00. The highest BCUT2D eigenvalue weighted by atomic mass is 79.9. The molecule has 0 aliphatic carbocycles. The van der Waals surface area contributed by atoms with Gasteiger partial charge in [-0.25, -0.2) is 4.98 Å². The lowest BCUT2D eigenvalue weighted by Gasteiger charge is -2.39. The zero-order valence-corrected chi connectivity index (χ0v) is 23.3. The highest BCUT2D eigenvalue weighted by Gasteiger charge is 2.43. The Hall–Kier alpha value is -1.91. The van der Waals surface area contributed by atoms with Gasteiger partial charge < -0.3 is 44.9 Å². The SMILES string of the molecule is Nc1nc(OCc2cc(Br)cs2)c2ncn(CCCCCCCCO[C@H]3OC(CO)[C@@H](O)[C@@H](O)C3O)c2n1. The number of anilines is 1. The topological polar surface area (TPSA) is 178 Å². The molecule has 0 saturated carbocycles. The lowest BCUT2D eigenvalue weighted by atomic mass is 9.99. The van der Waals surface area contributed by atoms with E-state index < -0.39 is 37.3 Å². The van der Waals surface area contributed by atoms with Crippen LogP contribution in [0.4, 0.5) is 5.95 Å². The number of imidazole rings is 1. The number of aryl methyl sites for hydroxylation is 1. The average Bonchev–Trinajstić information content (AvgIpc) is 3.51. The van der Waals surface area contributed by atoms with Crippen LogP contribution in [0.25, 0.3) is 11.2 Å². The van der Waals surface area contributed by atoms with Gasteiger partial charge in [0.1, 0.15) is 31.0 Å². The van der Waals surface area contributed by atoms with E-state index in [9.17, 15) is 20.4 Å². The number of unbranched alkanes of at least 4 members (excludes halogenated alkanes) is 5. The number of nitrogens with two attached hydrogens (primary N) is 1. The predicted molar refractivity (Wildman–Crippen MR) is 144 cm³/mol. The molecule has 1 aliphatic rings. The molecule has 1 fully saturated rings. The second-order valence-electron chi connectivity index (χ2n) is 9.21. The summed E-state index contributed by atoms with van der Waals surface area (Å²) in [4.78, 5) is 14.1. The van der Waals surface area contributed by atoms with Gasteiger partial charge in [0, 0.05) is 27.9 Å². The molecule has 3 aromatic rings. The van der Waals surface area contributed by atoms with Crippen molar-refractivity contribution in [2.24, 2.45) is 0 Å². The molecule has 0 radical (unpaired) electrons. The van der Waals surface area contributed by atoms with Crippen LogP contribution in [0.15, 0.2) is 22.2 Å². The Balaban J connectivity index is 1.14. The number of thiophene rings is 1. The summed E-state index contributed by atoms with van der Waals surface area (Å²) >= 11 is 5.03. The van der Waals surface area contributed by atoms with Crippen molar-refractivity contribution in [1.29, 1.82) is 0 Å². The molecule has 0 amide bonds. The maximum absolute atomic E-state index is 10.00. The Bertz CT molecular complexity index is 1160. The fourth-order valence-corrected chi connectivity index (χ4v) is 5.63. The van der Waals surface area contributed by atoms with E-state index in [1.54, 1.807) is 17.7 Å². The molecule has 14 heteroatoms. The van der Waals surface area contributed by atoms with Crippen LogP contribution in [0.1, 0.15) is 43.4 Å². The third-order valence-electron chi connectivity index (χ3n) is 6.35. The van der Waals surface area contributed by atoms with Crippen molar-refractivity contribution in [3.05, 3.63) is 27.1 Å². The second-order valence-corrected chi connectivity index (χ2v) is 11.1. The molecule has 0 aromatic carbocycles. The smallest absolute Gasteiger partial charge is 0.247 e. The zero-order valence-electron chi connectivity index (χ0n) is 20.9. The summed E-state index contributed by atoms with van der Waals surface area (Å²) in [6.45, 7) is 1.01. The molecule has 1 saturated heterocycles. The molecular weight excluding hydrogens is 582 g/mol. The average molecular weight is 617 g/mol. The summed E-state index contributed by atoms with van der Waals surface area (Å²) in [6, 6.07) is 2.00. The van der Waals surface area contributed by atoms with Gasteiger partial charge >= 0.3 is 0 Å². The number of ether oxygens (including phenoxy) is 3. The van der Waals surface area contributed by atoms with Crippen molar-refractivity contribution < 1.29 is 34.6 Å². The van der Waals surface area contributed by atoms with E-state index in [1.165, 1.54) is 0 Å². The zero-order chi connectivity index (χ0) is 27.1. The van der Waals surface area contributed by atoms with Crippen LogP contribution in [-0.2, 0) is 22.6 Å². The first-order valence-corrected chi connectivity index (χ1v) is 14.3. The molecule has 6 N–H and O–H groups in total. The van der Waals surface area contributed by atoms with Gasteiger partial charge in [0.15, 0.2) is 17.5 Å². The first kappa shape index (κ1) is 29.1. The fraction of sp³-hybridized carbons (Fsp3) is 0.625. The van der Waals surface area contributed by atoms with Gasteiger partial charge in [-0.2, -0.15) is 9.97 Å². The Labute approximate surface area is 232 Å². The number of nitrogen functional groups attached to an aromatic ring is 1. The quantitative estimate of drug-likeness (QED) is 0.167. The first-order chi connectivity index (χ1) is 18.4. The maximum Gasteiger partial charge on any atom is 0.247 e. The Morgan fingerprint density at radius 1 is 1.05 bits per heavy atom. The van der Waals surface area contributed by atoms with Gasteiger partial charge in [-0.05, 0) is 34.8 Å². The minimum absolute atomic E-state index is 0.146. The molecule has 38 heavy (non-hydrogen) atoms. The Morgan fingerprint density at radius 2 is 1.82 bits per heavy atom. The van der Waals surface area contributed by atoms with Crippen molar-refractivity contribution in [2.75, 3.05) is 18.9 Å². The van der Waals surface area contributed by atoms with Crippen molar-refractivity contribution in [3.8, 4) is 5.88 Å². The van der Waals surface area contributed by atoms with Gasteiger partial charge in [0.25, 0.3) is 0 Å². The van der Waals surface area contributed by atoms with E-state index in [1.807, 2.05) is 16.0 Å². The van der Waals surface area contributed by atoms with Gasteiger partial charge in [-0.1, -0.05) is 25.7 Å². The molecule has 5 atom stereocenters. The highest BCUT2D eigenvalue weighted by molar-refractivity contribution is 9.10. The molecule has 4 rings (SSSR count). The minimum Gasteiger partial charge on any atom is -0.470 e. The van der Waals surface area contributed by atoms with Gasteiger partial charge in [0.05, 0.1) is 12.9 Å². The van der Waals surface area contributed by atoms with E-state index in [0.29, 0.717) is 30.3 Å². The number of nitrogens with zero attached hydrogens (tertiary/aromatic N) is 4. The Kier molecular flexibility index (Phi) is 10.7. The van der Waals surface area contributed by atoms with E-state index in [4.69, 9.17) is 19.9 Å². The van der Waals surface area contributed by atoms with E-state index in [0.717, 1.165) is 54.4 Å². The van der Waals surface area contributed by atoms with E-state index in [2.05, 4.69) is 30.9 Å². The molecule has 12 nitrogen and oxygen atoms in total. The van der Waals surface area contributed by atoms with E-state index in [-0.39, 0.29) is 5.95 Å². The number of fused-ring (bicyclic) bond motifs is 1. The molecular formula is C24H34BrN5O7S. The Morgan fingerprint density at radius 3 is 2.55 bits per heavy atom. The van der Waals surface area contributed by atoms with Crippen LogP contribution >= 0.6 is 27.3 Å². The number of halogens is 1. The van der Waals surface area contributed by atoms with Crippen molar-refractivity contribution in [2.45, 2.75) is 82.4 Å². The largest absolute Gasteiger partial charge is 0.470 e. The molecule has 0 spiro atoms. The second kappa shape index (κ2) is 13.9. The molecule has 1 aliphatic heterocycles. The molecule has 4 heterocycles. The highest BCUT2D eigenvalue weighted by Crippen LogP contribution is 2.26. The third-order valence-corrected chi connectivity index (χ3v) is 8.02. The minimum atomic E-state index is -1.42. The summed E-state index contributed by atoms with van der Waals surface area (Å²) in [6.07, 6.45) is 1.31. The van der Waals surface area contributed by atoms with Gasteiger partial charge in [-0.3, -0.25) is 0 Å².